The minimum Gasteiger partial charge on any atom is -0.756 e. The Labute approximate surface area is 555 Å². The Morgan fingerprint density at radius 1 is 0.382 bits per heavy atom. The zero-order valence-corrected chi connectivity index (χ0v) is 61.6. The monoisotopic (exact) mass is 1280 g/mol. The molecule has 10 heteroatoms. The first-order chi connectivity index (χ1) is 43.4. The number of amides is 1. The summed E-state index contributed by atoms with van der Waals surface area (Å²) in [6.45, 7) is 6.92. The number of rotatable bonds is 74. The first-order valence-corrected chi connectivity index (χ1v) is 41.1. The van der Waals surface area contributed by atoms with E-state index in [4.69, 9.17) is 13.8 Å². The molecule has 3 atom stereocenters. The molecule has 0 rings (SSSR count). The highest BCUT2D eigenvalue weighted by Crippen LogP contribution is 2.38. The Hall–Kier alpha value is -1.51. The molecule has 528 valence electrons. The van der Waals surface area contributed by atoms with Gasteiger partial charge in [-0.25, -0.2) is 0 Å². The minimum absolute atomic E-state index is 0.0177. The van der Waals surface area contributed by atoms with E-state index >= 15 is 0 Å². The van der Waals surface area contributed by atoms with Gasteiger partial charge in [-0.15, -0.1) is 0 Å². The molecule has 0 fully saturated rings. The predicted molar refractivity (Wildman–Crippen MR) is 386 cm³/mol. The van der Waals surface area contributed by atoms with Crippen molar-refractivity contribution < 1.29 is 37.3 Å². The fraction of sp³-hybridized carbons (Fsp3) is 0.924. The number of likely N-dealkylation sites (N-methyl/N-ethyl adjacent to an activating group) is 1. The fourth-order valence-corrected chi connectivity index (χ4v) is 13.0. The van der Waals surface area contributed by atoms with Crippen LogP contribution in [0.1, 0.15) is 419 Å². The van der Waals surface area contributed by atoms with Gasteiger partial charge in [0.05, 0.1) is 33.8 Å². The highest BCUT2D eigenvalue weighted by Gasteiger charge is 2.27. The Bertz CT molecular complexity index is 1570. The van der Waals surface area contributed by atoms with Crippen molar-refractivity contribution in [2.45, 2.75) is 431 Å². The van der Waals surface area contributed by atoms with E-state index in [1.54, 1.807) is 0 Å². The summed E-state index contributed by atoms with van der Waals surface area (Å²) in [7, 11) is 1.21. The molecule has 0 aromatic carbocycles. The van der Waals surface area contributed by atoms with Crippen molar-refractivity contribution in [3.8, 4) is 0 Å². The van der Waals surface area contributed by atoms with E-state index in [9.17, 15) is 19.0 Å². The molecular formula is C79H155N2O7P. The lowest BCUT2D eigenvalue weighted by atomic mass is 10.0. The molecule has 0 spiro atoms. The number of carbonyl (C=O) groups excluding carboxylic acids is 2. The number of hydrogen-bond donors (Lipinski definition) is 1. The van der Waals surface area contributed by atoms with Crippen LogP contribution in [-0.4, -0.2) is 69.4 Å². The number of quaternary nitrogens is 1. The van der Waals surface area contributed by atoms with Crippen molar-refractivity contribution in [3.05, 3.63) is 24.3 Å². The molecule has 0 bridgehead atoms. The Kier molecular flexibility index (Phi) is 68.1. The number of phosphoric acid groups is 1. The number of unbranched alkanes of at least 4 members (excludes halogenated alkanes) is 56. The molecule has 3 unspecified atom stereocenters. The van der Waals surface area contributed by atoms with Crippen LogP contribution in [0.15, 0.2) is 24.3 Å². The molecule has 0 aliphatic carbocycles. The molecule has 0 saturated carbocycles. The Morgan fingerprint density at radius 3 is 0.955 bits per heavy atom. The van der Waals surface area contributed by atoms with Gasteiger partial charge in [-0.2, -0.15) is 0 Å². The molecule has 9 nitrogen and oxygen atoms in total. The van der Waals surface area contributed by atoms with E-state index in [2.05, 4.69) is 38.2 Å². The molecule has 0 aromatic rings. The lowest BCUT2D eigenvalue weighted by Gasteiger charge is -2.30. The molecule has 0 radical (unpaired) electrons. The number of hydrogen-bond acceptors (Lipinski definition) is 7. The summed E-state index contributed by atoms with van der Waals surface area (Å²) in [5.74, 6) is -0.514. The van der Waals surface area contributed by atoms with Gasteiger partial charge in [0.2, 0.25) is 5.91 Å². The zero-order valence-electron chi connectivity index (χ0n) is 60.7. The molecule has 0 aromatic heterocycles. The van der Waals surface area contributed by atoms with Crippen LogP contribution in [0, 0.1) is 0 Å². The largest absolute Gasteiger partial charge is 0.756 e. The zero-order chi connectivity index (χ0) is 64.9. The van der Waals surface area contributed by atoms with Crippen LogP contribution in [0.5, 0.6) is 0 Å². The quantitative estimate of drug-likeness (QED) is 0.0212. The average Bonchev–Trinajstić information content (AvgIpc) is 3.62. The van der Waals surface area contributed by atoms with Crippen molar-refractivity contribution in [2.75, 3.05) is 40.9 Å². The molecule has 0 aliphatic rings. The highest BCUT2D eigenvalue weighted by molar-refractivity contribution is 7.45. The van der Waals surface area contributed by atoms with Gasteiger partial charge >= 0.3 is 5.97 Å². The van der Waals surface area contributed by atoms with Crippen LogP contribution >= 0.6 is 7.82 Å². The van der Waals surface area contributed by atoms with E-state index in [1.807, 2.05) is 33.3 Å². The van der Waals surface area contributed by atoms with E-state index in [0.717, 1.165) is 57.8 Å². The van der Waals surface area contributed by atoms with Crippen LogP contribution in [0.2, 0.25) is 0 Å². The molecular weight excluding hydrogens is 1120 g/mol. The number of ether oxygens (including phenoxy) is 1. The van der Waals surface area contributed by atoms with Gasteiger partial charge in [0, 0.05) is 12.8 Å². The van der Waals surface area contributed by atoms with Crippen LogP contribution in [-0.2, 0) is 27.9 Å². The predicted octanol–water partition coefficient (Wildman–Crippen LogP) is 24.9. The lowest BCUT2D eigenvalue weighted by Crippen LogP contribution is -2.47. The summed E-state index contributed by atoms with van der Waals surface area (Å²) in [6.07, 6.45) is 86.2. The molecule has 1 N–H and O–H groups in total. The van der Waals surface area contributed by atoms with E-state index in [-0.39, 0.29) is 31.5 Å². The standard InChI is InChI=1S/C79H155N2O7P/c1-7-10-13-16-19-22-25-27-29-31-33-35-37-39-40-42-44-46-48-50-52-54-57-60-63-66-69-72-79(83)88-77(70-67-64-61-58-55-24-21-18-15-12-9-3)76(75-87-89(84,85)86-74-73-81(4,5)6)80-78(82)71-68-65-62-59-56-53-51-49-47-45-43-41-38-36-34-32-30-28-26-23-20-17-14-11-8-2/h28,30,67,70,76-77H,7-27,29,31-66,68-69,71-75H2,1-6H3,(H-,80,82,84,85)/b30-28+,70-67+. The summed E-state index contributed by atoms with van der Waals surface area (Å²) < 4.78 is 30.5. The van der Waals surface area contributed by atoms with Crippen molar-refractivity contribution in [1.29, 1.82) is 0 Å². The number of nitrogens with zero attached hydrogens (tertiary/aromatic N) is 1. The van der Waals surface area contributed by atoms with Crippen molar-refractivity contribution in [2.24, 2.45) is 0 Å². The number of carbonyl (C=O) groups is 2. The minimum atomic E-state index is -4.70. The number of allylic oxidation sites excluding steroid dienone is 3. The molecule has 1 amide bonds. The first-order valence-electron chi connectivity index (χ1n) is 39.6. The normalized spacial score (nSPS) is 13.5. The van der Waals surface area contributed by atoms with Crippen molar-refractivity contribution >= 4 is 19.7 Å². The van der Waals surface area contributed by atoms with E-state index in [0.29, 0.717) is 17.4 Å². The van der Waals surface area contributed by atoms with Crippen molar-refractivity contribution in [3.63, 3.8) is 0 Å². The number of phosphoric ester groups is 1. The third-order valence-electron chi connectivity index (χ3n) is 18.4. The van der Waals surface area contributed by atoms with Crippen LogP contribution in [0.4, 0.5) is 0 Å². The number of esters is 1. The maximum atomic E-state index is 13.6. The number of nitrogens with one attached hydrogen (secondary N) is 1. The van der Waals surface area contributed by atoms with Gasteiger partial charge in [0.25, 0.3) is 7.82 Å². The molecule has 0 saturated heterocycles. The first kappa shape index (κ1) is 87.5. The maximum absolute atomic E-state index is 13.6. The third-order valence-corrected chi connectivity index (χ3v) is 19.3. The lowest BCUT2D eigenvalue weighted by molar-refractivity contribution is -0.870. The van der Waals surface area contributed by atoms with Gasteiger partial charge in [-0.3, -0.25) is 14.2 Å². The second kappa shape index (κ2) is 69.3. The van der Waals surface area contributed by atoms with Crippen LogP contribution in [0.25, 0.3) is 0 Å². The van der Waals surface area contributed by atoms with Crippen molar-refractivity contribution in [1.82, 2.24) is 5.32 Å². The van der Waals surface area contributed by atoms with Crippen LogP contribution < -0.4 is 10.2 Å². The summed E-state index contributed by atoms with van der Waals surface area (Å²) in [4.78, 5) is 40.3. The van der Waals surface area contributed by atoms with Gasteiger partial charge in [-0.1, -0.05) is 373 Å². The maximum Gasteiger partial charge on any atom is 0.306 e. The highest BCUT2D eigenvalue weighted by atomic mass is 31.2. The average molecular weight is 1280 g/mol. The second-order valence-electron chi connectivity index (χ2n) is 28.6. The SMILES string of the molecule is CCCCCCCC/C=C/CCCCCCCCCCCCCCCCCC(=O)NC(COP(=O)([O-])OCC[N+](C)(C)C)C(/C=C/CCCCCCCCCCC)OC(=O)CCCCCCCCCCCCCCCCCCCCCCCCCCCCC. The van der Waals surface area contributed by atoms with Crippen LogP contribution in [0.3, 0.4) is 0 Å². The molecule has 89 heavy (non-hydrogen) atoms. The summed E-state index contributed by atoms with van der Waals surface area (Å²) in [5, 5.41) is 3.06. The molecule has 0 heterocycles. The van der Waals surface area contributed by atoms with E-state index in [1.165, 1.54) is 327 Å². The summed E-state index contributed by atoms with van der Waals surface area (Å²) >= 11 is 0. The Morgan fingerprint density at radius 2 is 0.652 bits per heavy atom. The van der Waals surface area contributed by atoms with Gasteiger partial charge < -0.3 is 28.5 Å². The smallest absolute Gasteiger partial charge is 0.306 e. The van der Waals surface area contributed by atoms with Gasteiger partial charge in [0.15, 0.2) is 0 Å². The summed E-state index contributed by atoms with van der Waals surface area (Å²) in [6, 6.07) is -0.884. The Balaban J connectivity index is 4.84. The van der Waals surface area contributed by atoms with Gasteiger partial charge in [-0.05, 0) is 57.4 Å². The second-order valence-corrected chi connectivity index (χ2v) is 30.0. The topological polar surface area (TPSA) is 114 Å². The fourth-order valence-electron chi connectivity index (χ4n) is 12.3. The van der Waals surface area contributed by atoms with Gasteiger partial charge in [0.1, 0.15) is 19.3 Å². The van der Waals surface area contributed by atoms with E-state index < -0.39 is 20.0 Å². The summed E-state index contributed by atoms with van der Waals surface area (Å²) in [5.41, 5.74) is 0. The third kappa shape index (κ3) is 70.6. The molecule has 0 aliphatic heterocycles.